The number of hydrogen-bond donors (Lipinski definition) is 1. The summed E-state index contributed by atoms with van der Waals surface area (Å²) in [6.45, 7) is 4.68. The molecule has 128 valence electrons. The Bertz CT molecular complexity index is 671. The van der Waals surface area contributed by atoms with Crippen molar-refractivity contribution in [3.8, 4) is 11.5 Å². The standard InChI is InChI=1S/C19H22FNO3/c1-3-10-23-16-5-7-17(8-6-16)24-13-19(22)21-12-15-4-9-18(20)14(2)11-15/h4-9,11H,3,10,12-13H2,1-2H3,(H,21,22). The fourth-order valence-electron chi connectivity index (χ4n) is 2.07. The average molecular weight is 331 g/mol. The molecule has 24 heavy (non-hydrogen) atoms. The van der Waals surface area contributed by atoms with Crippen molar-refractivity contribution in [1.29, 1.82) is 0 Å². The summed E-state index contributed by atoms with van der Waals surface area (Å²) in [5.41, 5.74) is 1.41. The predicted molar refractivity (Wildman–Crippen MR) is 90.7 cm³/mol. The minimum Gasteiger partial charge on any atom is -0.494 e. The third-order valence-corrected chi connectivity index (χ3v) is 3.38. The van der Waals surface area contributed by atoms with Gasteiger partial charge in [0.05, 0.1) is 6.61 Å². The Morgan fingerprint density at radius 3 is 2.38 bits per heavy atom. The van der Waals surface area contributed by atoms with E-state index in [4.69, 9.17) is 9.47 Å². The zero-order chi connectivity index (χ0) is 17.4. The lowest BCUT2D eigenvalue weighted by Gasteiger charge is -2.09. The van der Waals surface area contributed by atoms with Gasteiger partial charge in [-0.25, -0.2) is 4.39 Å². The van der Waals surface area contributed by atoms with Crippen molar-refractivity contribution in [1.82, 2.24) is 5.32 Å². The zero-order valence-electron chi connectivity index (χ0n) is 14.0. The van der Waals surface area contributed by atoms with Crippen LogP contribution in [0, 0.1) is 12.7 Å². The highest BCUT2D eigenvalue weighted by Gasteiger charge is 2.05. The number of aryl methyl sites for hydroxylation is 1. The molecule has 0 bridgehead atoms. The number of hydrogen-bond acceptors (Lipinski definition) is 3. The molecule has 2 aromatic carbocycles. The molecule has 0 unspecified atom stereocenters. The van der Waals surface area contributed by atoms with Crippen LogP contribution in [0.1, 0.15) is 24.5 Å². The molecule has 4 nitrogen and oxygen atoms in total. The largest absolute Gasteiger partial charge is 0.494 e. The van der Waals surface area contributed by atoms with Gasteiger partial charge in [-0.3, -0.25) is 4.79 Å². The fourth-order valence-corrected chi connectivity index (χ4v) is 2.07. The molecule has 1 amide bonds. The van der Waals surface area contributed by atoms with E-state index in [1.165, 1.54) is 6.07 Å². The molecule has 0 saturated heterocycles. The maximum absolute atomic E-state index is 13.2. The molecular weight excluding hydrogens is 309 g/mol. The number of halogens is 1. The highest BCUT2D eigenvalue weighted by Crippen LogP contribution is 2.17. The first kappa shape index (κ1) is 17.8. The number of amides is 1. The second-order valence-corrected chi connectivity index (χ2v) is 5.47. The molecule has 1 N–H and O–H groups in total. The Labute approximate surface area is 141 Å². The molecule has 0 aliphatic rings. The van der Waals surface area contributed by atoms with Gasteiger partial charge in [0.15, 0.2) is 6.61 Å². The van der Waals surface area contributed by atoms with Gasteiger partial charge in [-0.1, -0.05) is 19.1 Å². The van der Waals surface area contributed by atoms with E-state index in [0.29, 0.717) is 24.5 Å². The van der Waals surface area contributed by atoms with Gasteiger partial charge in [-0.05, 0) is 54.8 Å². The molecule has 0 heterocycles. The Hall–Kier alpha value is -2.56. The van der Waals surface area contributed by atoms with Crippen LogP contribution in [-0.2, 0) is 11.3 Å². The topological polar surface area (TPSA) is 47.6 Å². The van der Waals surface area contributed by atoms with Crippen LogP contribution >= 0.6 is 0 Å². The molecule has 0 radical (unpaired) electrons. The Kier molecular flexibility index (Phi) is 6.61. The van der Waals surface area contributed by atoms with Crippen molar-refractivity contribution in [2.24, 2.45) is 0 Å². The van der Waals surface area contributed by atoms with Crippen LogP contribution in [0.5, 0.6) is 11.5 Å². The minimum absolute atomic E-state index is 0.0741. The maximum atomic E-state index is 13.2. The molecule has 0 aromatic heterocycles. The second kappa shape index (κ2) is 8.91. The lowest BCUT2D eigenvalue weighted by atomic mass is 10.1. The smallest absolute Gasteiger partial charge is 0.258 e. The fraction of sp³-hybridized carbons (Fsp3) is 0.316. The summed E-state index contributed by atoms with van der Waals surface area (Å²) in [5.74, 6) is 0.898. The minimum atomic E-state index is -0.250. The van der Waals surface area contributed by atoms with Crippen molar-refractivity contribution in [3.05, 3.63) is 59.4 Å². The van der Waals surface area contributed by atoms with Crippen LogP contribution < -0.4 is 14.8 Å². The monoisotopic (exact) mass is 331 g/mol. The van der Waals surface area contributed by atoms with Crippen molar-refractivity contribution in [2.45, 2.75) is 26.8 Å². The van der Waals surface area contributed by atoms with Gasteiger partial charge < -0.3 is 14.8 Å². The number of carbonyl (C=O) groups is 1. The summed E-state index contributed by atoms with van der Waals surface area (Å²) in [4.78, 5) is 11.8. The molecule has 0 aliphatic heterocycles. The first-order valence-corrected chi connectivity index (χ1v) is 7.96. The molecule has 2 aromatic rings. The lowest BCUT2D eigenvalue weighted by molar-refractivity contribution is -0.123. The third kappa shape index (κ3) is 5.57. The maximum Gasteiger partial charge on any atom is 0.258 e. The van der Waals surface area contributed by atoms with Crippen molar-refractivity contribution < 1.29 is 18.7 Å². The van der Waals surface area contributed by atoms with E-state index in [2.05, 4.69) is 5.32 Å². The van der Waals surface area contributed by atoms with Gasteiger partial charge >= 0.3 is 0 Å². The van der Waals surface area contributed by atoms with Crippen LogP contribution in [0.25, 0.3) is 0 Å². The van der Waals surface area contributed by atoms with E-state index in [0.717, 1.165) is 17.7 Å². The van der Waals surface area contributed by atoms with E-state index < -0.39 is 0 Å². The molecule has 0 aliphatic carbocycles. The van der Waals surface area contributed by atoms with Gasteiger partial charge in [0.2, 0.25) is 0 Å². The van der Waals surface area contributed by atoms with Crippen LogP contribution in [0.4, 0.5) is 4.39 Å². The molecule has 2 rings (SSSR count). The van der Waals surface area contributed by atoms with E-state index in [-0.39, 0.29) is 18.3 Å². The SMILES string of the molecule is CCCOc1ccc(OCC(=O)NCc2ccc(F)c(C)c2)cc1. The van der Waals surface area contributed by atoms with Gasteiger partial charge in [0, 0.05) is 6.54 Å². The highest BCUT2D eigenvalue weighted by molar-refractivity contribution is 5.77. The molecule has 0 saturated carbocycles. The van der Waals surface area contributed by atoms with Gasteiger partial charge in [0.25, 0.3) is 5.91 Å². The summed E-state index contributed by atoms with van der Waals surface area (Å²) in [6, 6.07) is 11.9. The Morgan fingerprint density at radius 2 is 1.75 bits per heavy atom. The molecule has 0 fully saturated rings. The van der Waals surface area contributed by atoms with Gasteiger partial charge in [0.1, 0.15) is 17.3 Å². The number of carbonyl (C=O) groups excluding carboxylic acids is 1. The first-order chi connectivity index (χ1) is 11.6. The number of ether oxygens (including phenoxy) is 2. The van der Waals surface area contributed by atoms with Crippen LogP contribution in [0.3, 0.4) is 0 Å². The van der Waals surface area contributed by atoms with Crippen molar-refractivity contribution in [3.63, 3.8) is 0 Å². The molecular formula is C19H22FNO3. The van der Waals surface area contributed by atoms with E-state index in [9.17, 15) is 9.18 Å². The average Bonchev–Trinajstić information content (AvgIpc) is 2.60. The molecule has 5 heteroatoms. The number of rotatable bonds is 8. The summed E-state index contributed by atoms with van der Waals surface area (Å²) in [5, 5.41) is 2.74. The van der Waals surface area contributed by atoms with E-state index in [1.54, 1.807) is 31.2 Å². The van der Waals surface area contributed by atoms with Crippen LogP contribution in [-0.4, -0.2) is 19.1 Å². The highest BCUT2D eigenvalue weighted by atomic mass is 19.1. The van der Waals surface area contributed by atoms with Gasteiger partial charge in [-0.2, -0.15) is 0 Å². The van der Waals surface area contributed by atoms with Crippen LogP contribution in [0.15, 0.2) is 42.5 Å². The number of nitrogens with one attached hydrogen (secondary N) is 1. The first-order valence-electron chi connectivity index (χ1n) is 7.96. The zero-order valence-corrected chi connectivity index (χ0v) is 14.0. The van der Waals surface area contributed by atoms with Crippen LogP contribution in [0.2, 0.25) is 0 Å². The Balaban J connectivity index is 1.75. The summed E-state index contributed by atoms with van der Waals surface area (Å²) in [7, 11) is 0. The van der Waals surface area contributed by atoms with E-state index >= 15 is 0 Å². The summed E-state index contributed by atoms with van der Waals surface area (Å²) in [6.07, 6.45) is 0.950. The third-order valence-electron chi connectivity index (χ3n) is 3.38. The van der Waals surface area contributed by atoms with Crippen molar-refractivity contribution in [2.75, 3.05) is 13.2 Å². The molecule has 0 spiro atoms. The second-order valence-electron chi connectivity index (χ2n) is 5.47. The number of benzene rings is 2. The normalized spacial score (nSPS) is 10.3. The summed E-state index contributed by atoms with van der Waals surface area (Å²) >= 11 is 0. The van der Waals surface area contributed by atoms with E-state index in [1.807, 2.05) is 19.1 Å². The Morgan fingerprint density at radius 1 is 1.08 bits per heavy atom. The molecule has 0 atom stereocenters. The van der Waals surface area contributed by atoms with Crippen molar-refractivity contribution >= 4 is 5.91 Å². The lowest BCUT2D eigenvalue weighted by Crippen LogP contribution is -2.28. The summed E-state index contributed by atoms with van der Waals surface area (Å²) < 4.78 is 24.1. The predicted octanol–water partition coefficient (Wildman–Crippen LogP) is 3.62. The van der Waals surface area contributed by atoms with Gasteiger partial charge in [-0.15, -0.1) is 0 Å². The quantitative estimate of drug-likeness (QED) is 0.804.